The maximum Gasteiger partial charge on any atom is 0.347 e. The van der Waals surface area contributed by atoms with E-state index in [-0.39, 0.29) is 22.7 Å². The van der Waals surface area contributed by atoms with Gasteiger partial charge in [0, 0.05) is 17.7 Å². The molecule has 0 fully saturated rings. The molecule has 6 rings (SSSR count). The summed E-state index contributed by atoms with van der Waals surface area (Å²) in [6, 6.07) is 24.2. The molecule has 0 radical (unpaired) electrons. The van der Waals surface area contributed by atoms with Gasteiger partial charge in [-0.3, -0.25) is 19.7 Å². The third-order valence-corrected chi connectivity index (χ3v) is 6.21. The summed E-state index contributed by atoms with van der Waals surface area (Å²) >= 11 is 0. The summed E-state index contributed by atoms with van der Waals surface area (Å²) in [5, 5.41) is 11.2. The zero-order valence-corrected chi connectivity index (χ0v) is 19.0. The smallest absolute Gasteiger partial charge is 0.347 e. The predicted molar refractivity (Wildman–Crippen MR) is 135 cm³/mol. The SMILES string of the molecule is O=C1c2ccc(-c3nc4ccccc4c(=O)o3)cc2C(=O)N1c1ccc(-c2ccc([N+](=O)[O-])cc2)cc1. The first kappa shape index (κ1) is 22.1. The van der Waals surface area contributed by atoms with E-state index in [0.717, 1.165) is 16.0 Å². The highest BCUT2D eigenvalue weighted by Crippen LogP contribution is 2.33. The van der Waals surface area contributed by atoms with Gasteiger partial charge in [-0.15, -0.1) is 0 Å². The minimum absolute atomic E-state index is 0.0103. The number of rotatable bonds is 4. The van der Waals surface area contributed by atoms with Crippen molar-refractivity contribution in [2.24, 2.45) is 0 Å². The number of anilines is 1. The molecule has 0 N–H and O–H groups in total. The average Bonchev–Trinajstić information content (AvgIpc) is 3.17. The van der Waals surface area contributed by atoms with Crippen molar-refractivity contribution >= 4 is 34.1 Å². The minimum Gasteiger partial charge on any atom is -0.403 e. The van der Waals surface area contributed by atoms with Gasteiger partial charge in [-0.25, -0.2) is 14.7 Å². The van der Waals surface area contributed by atoms with Gasteiger partial charge in [-0.2, -0.15) is 0 Å². The van der Waals surface area contributed by atoms with Gasteiger partial charge in [0.1, 0.15) is 0 Å². The summed E-state index contributed by atoms with van der Waals surface area (Å²) in [6.07, 6.45) is 0. The number of amides is 2. The van der Waals surface area contributed by atoms with Gasteiger partial charge >= 0.3 is 5.63 Å². The molecule has 0 bridgehead atoms. The molecule has 9 heteroatoms. The van der Waals surface area contributed by atoms with Gasteiger partial charge in [-0.1, -0.05) is 24.3 Å². The van der Waals surface area contributed by atoms with Crippen LogP contribution in [0.25, 0.3) is 33.5 Å². The van der Waals surface area contributed by atoms with Crippen molar-refractivity contribution in [2.75, 3.05) is 4.90 Å². The van der Waals surface area contributed by atoms with E-state index in [1.807, 2.05) is 0 Å². The molecule has 1 aliphatic rings. The molecule has 4 aromatic carbocycles. The summed E-state index contributed by atoms with van der Waals surface area (Å²) in [6.45, 7) is 0. The molecule has 5 aromatic rings. The maximum absolute atomic E-state index is 13.3. The van der Waals surface area contributed by atoms with Crippen LogP contribution in [0.4, 0.5) is 11.4 Å². The molecule has 0 aliphatic carbocycles. The van der Waals surface area contributed by atoms with E-state index in [2.05, 4.69) is 4.98 Å². The Morgan fingerprint density at radius 2 is 1.35 bits per heavy atom. The van der Waals surface area contributed by atoms with Crippen LogP contribution in [-0.2, 0) is 0 Å². The number of nitro benzene ring substituents is 1. The lowest BCUT2D eigenvalue weighted by Crippen LogP contribution is -2.29. The quantitative estimate of drug-likeness (QED) is 0.192. The summed E-state index contributed by atoms with van der Waals surface area (Å²) in [5.74, 6) is -0.923. The molecule has 0 saturated carbocycles. The highest BCUT2D eigenvalue weighted by Gasteiger charge is 2.37. The van der Waals surface area contributed by atoms with Crippen LogP contribution in [0.3, 0.4) is 0 Å². The van der Waals surface area contributed by atoms with Crippen LogP contribution in [0.15, 0.2) is 100 Å². The second-order valence-corrected chi connectivity index (χ2v) is 8.38. The number of nitrogens with zero attached hydrogens (tertiary/aromatic N) is 3. The number of fused-ring (bicyclic) bond motifs is 2. The van der Waals surface area contributed by atoms with Crippen molar-refractivity contribution in [1.29, 1.82) is 0 Å². The maximum atomic E-state index is 13.3. The molecular weight excluding hydrogens is 474 g/mol. The molecule has 1 aromatic heterocycles. The van der Waals surface area contributed by atoms with Gasteiger partial charge in [0.25, 0.3) is 17.5 Å². The van der Waals surface area contributed by atoms with Crippen LogP contribution in [-0.4, -0.2) is 21.7 Å². The Bertz CT molecular complexity index is 1810. The Hall–Kier alpha value is -5.44. The van der Waals surface area contributed by atoms with Crippen molar-refractivity contribution < 1.29 is 18.9 Å². The largest absolute Gasteiger partial charge is 0.403 e. The zero-order chi connectivity index (χ0) is 25.7. The average molecular weight is 489 g/mol. The molecule has 0 atom stereocenters. The standard InChI is InChI=1S/C28H15N3O6/c32-26-21-14-9-18(25-29-24-4-2-1-3-22(24)28(34)37-25)15-23(21)27(33)30(26)19-10-5-16(6-11-19)17-7-12-20(13-8-17)31(35)36/h1-15H. The van der Waals surface area contributed by atoms with Crippen molar-refractivity contribution in [1.82, 2.24) is 4.98 Å². The number of non-ortho nitro benzene ring substituents is 1. The number of nitro groups is 1. The van der Waals surface area contributed by atoms with Crippen LogP contribution < -0.4 is 10.5 Å². The first-order valence-electron chi connectivity index (χ1n) is 11.2. The monoisotopic (exact) mass is 489 g/mol. The summed E-state index contributed by atoms with van der Waals surface area (Å²) in [7, 11) is 0. The highest BCUT2D eigenvalue weighted by molar-refractivity contribution is 6.34. The zero-order valence-electron chi connectivity index (χ0n) is 19.0. The van der Waals surface area contributed by atoms with E-state index in [4.69, 9.17) is 4.42 Å². The number of hydrogen-bond acceptors (Lipinski definition) is 7. The topological polar surface area (TPSA) is 124 Å². The van der Waals surface area contributed by atoms with Crippen molar-refractivity contribution in [3.8, 4) is 22.6 Å². The fourth-order valence-corrected chi connectivity index (χ4v) is 4.33. The highest BCUT2D eigenvalue weighted by atomic mass is 16.6. The van der Waals surface area contributed by atoms with E-state index >= 15 is 0 Å². The lowest BCUT2D eigenvalue weighted by molar-refractivity contribution is -0.384. The molecule has 2 amide bonds. The fraction of sp³-hybridized carbons (Fsp3) is 0. The van der Waals surface area contributed by atoms with Crippen LogP contribution in [0.1, 0.15) is 20.7 Å². The number of hydrogen-bond donors (Lipinski definition) is 0. The molecule has 1 aliphatic heterocycles. The Morgan fingerprint density at radius 3 is 2.05 bits per heavy atom. The van der Waals surface area contributed by atoms with Crippen molar-refractivity contribution in [3.63, 3.8) is 0 Å². The van der Waals surface area contributed by atoms with E-state index in [0.29, 0.717) is 22.2 Å². The molecule has 37 heavy (non-hydrogen) atoms. The molecule has 2 heterocycles. The third-order valence-electron chi connectivity index (χ3n) is 6.21. The summed E-state index contributed by atoms with van der Waals surface area (Å²) < 4.78 is 5.37. The Morgan fingerprint density at radius 1 is 0.730 bits per heavy atom. The normalized spacial score (nSPS) is 12.7. The van der Waals surface area contributed by atoms with Gasteiger partial charge in [-0.05, 0) is 65.7 Å². The molecule has 0 saturated heterocycles. The van der Waals surface area contributed by atoms with Crippen LogP contribution in [0, 0.1) is 10.1 Å². The Kier molecular flexibility index (Phi) is 4.97. The summed E-state index contributed by atoms with van der Waals surface area (Å²) in [5.41, 5.74) is 2.64. The summed E-state index contributed by atoms with van der Waals surface area (Å²) in [4.78, 5) is 54.6. The fourth-order valence-electron chi connectivity index (χ4n) is 4.33. The molecule has 9 nitrogen and oxygen atoms in total. The number of para-hydroxylation sites is 1. The lowest BCUT2D eigenvalue weighted by atomic mass is 10.0. The van der Waals surface area contributed by atoms with Crippen LogP contribution in [0.2, 0.25) is 0 Å². The molecule has 178 valence electrons. The molecule has 0 unspecified atom stereocenters. The van der Waals surface area contributed by atoms with Crippen molar-refractivity contribution in [3.05, 3.63) is 123 Å². The first-order valence-corrected chi connectivity index (χ1v) is 11.2. The minimum atomic E-state index is -0.543. The van der Waals surface area contributed by atoms with E-state index in [9.17, 15) is 24.5 Å². The number of imide groups is 1. The van der Waals surface area contributed by atoms with Gasteiger partial charge < -0.3 is 4.42 Å². The lowest BCUT2D eigenvalue weighted by Gasteiger charge is -2.14. The Balaban J connectivity index is 1.31. The number of carbonyl (C=O) groups excluding carboxylic acids is 2. The van der Waals surface area contributed by atoms with Crippen LogP contribution in [0.5, 0.6) is 0 Å². The van der Waals surface area contributed by atoms with Crippen molar-refractivity contribution in [2.45, 2.75) is 0 Å². The Labute approximate surface area is 208 Å². The van der Waals surface area contributed by atoms with Gasteiger partial charge in [0.2, 0.25) is 5.89 Å². The predicted octanol–water partition coefficient (Wildman–Crippen LogP) is 5.23. The van der Waals surface area contributed by atoms with E-state index in [1.54, 1.807) is 66.7 Å². The number of benzene rings is 4. The van der Waals surface area contributed by atoms with Crippen LogP contribution >= 0.6 is 0 Å². The van der Waals surface area contributed by atoms with Gasteiger partial charge in [0.05, 0.1) is 32.6 Å². The number of carbonyl (C=O) groups is 2. The third kappa shape index (κ3) is 3.66. The molecule has 0 spiro atoms. The first-order chi connectivity index (χ1) is 17.9. The number of aromatic nitrogens is 1. The van der Waals surface area contributed by atoms with E-state index in [1.165, 1.54) is 24.3 Å². The second-order valence-electron chi connectivity index (χ2n) is 8.38. The second kappa shape index (κ2) is 8.35. The molecular formula is C28H15N3O6. The van der Waals surface area contributed by atoms with E-state index < -0.39 is 22.4 Å². The van der Waals surface area contributed by atoms with Gasteiger partial charge in [0.15, 0.2) is 0 Å².